The molecule has 1 unspecified atom stereocenters. The van der Waals surface area contributed by atoms with Crippen molar-refractivity contribution in [1.29, 1.82) is 0 Å². The van der Waals surface area contributed by atoms with Gasteiger partial charge in [0, 0.05) is 18.9 Å². The molecule has 0 aliphatic heterocycles. The molecule has 0 spiro atoms. The topological polar surface area (TPSA) is 93.5 Å². The second-order valence-corrected chi connectivity index (χ2v) is 3.73. The van der Waals surface area contributed by atoms with E-state index in [0.29, 0.717) is 23.9 Å². The highest BCUT2D eigenvalue weighted by Crippen LogP contribution is 2.21. The van der Waals surface area contributed by atoms with Crippen LogP contribution in [0.25, 0.3) is 11.1 Å². The van der Waals surface area contributed by atoms with Gasteiger partial charge in [-0.1, -0.05) is 0 Å². The van der Waals surface area contributed by atoms with Gasteiger partial charge in [0.1, 0.15) is 5.52 Å². The lowest BCUT2D eigenvalue weighted by molar-refractivity contribution is 0.152. The lowest BCUT2D eigenvalue weighted by atomic mass is 10.3. The number of nitrogens with zero attached hydrogens (tertiary/aromatic N) is 1. The fraction of sp³-hybridized carbons (Fsp3) is 0.364. The molecule has 0 aliphatic carbocycles. The third-order valence-corrected chi connectivity index (χ3v) is 2.33. The summed E-state index contributed by atoms with van der Waals surface area (Å²) in [6.07, 6.45) is 0. The van der Waals surface area contributed by atoms with Gasteiger partial charge in [-0.25, -0.2) is 0 Å². The highest BCUT2D eigenvalue weighted by Gasteiger charge is 2.11. The normalized spacial score (nSPS) is 12.8. The number of aromatic nitrogens is 1. The molecule has 2 rings (SSSR count). The highest BCUT2D eigenvalue weighted by molar-refractivity contribution is 5.78. The molecule has 0 saturated carbocycles. The van der Waals surface area contributed by atoms with Gasteiger partial charge in [0.15, 0.2) is 5.58 Å². The summed E-state index contributed by atoms with van der Waals surface area (Å²) in [5.41, 5.74) is 7.59. The number of hydrogen-bond acceptors (Lipinski definition) is 6. The van der Waals surface area contributed by atoms with Gasteiger partial charge in [0.05, 0.1) is 19.3 Å². The number of anilines is 2. The maximum absolute atomic E-state index is 9.11. The number of hydrogen-bond donors (Lipinski definition) is 3. The Morgan fingerprint density at radius 3 is 3.12 bits per heavy atom. The molecular formula is C11H15N3O3. The van der Waals surface area contributed by atoms with E-state index in [4.69, 9.17) is 20.0 Å². The summed E-state index contributed by atoms with van der Waals surface area (Å²) in [6, 6.07) is 5.35. The van der Waals surface area contributed by atoms with Crippen LogP contribution < -0.4 is 11.1 Å². The van der Waals surface area contributed by atoms with Crippen molar-refractivity contribution < 1.29 is 14.3 Å². The monoisotopic (exact) mass is 237 g/mol. The number of nitrogens with one attached hydrogen (secondary N) is 1. The summed E-state index contributed by atoms with van der Waals surface area (Å²) in [5, 5.41) is 12.1. The molecular weight excluding hydrogens is 222 g/mol. The van der Waals surface area contributed by atoms with Crippen molar-refractivity contribution in [2.75, 3.05) is 31.4 Å². The molecule has 1 heterocycles. The molecule has 2 aromatic rings. The first-order valence-corrected chi connectivity index (χ1v) is 5.25. The quantitative estimate of drug-likeness (QED) is 0.667. The SMILES string of the molecule is COCC(CO)Nc1nc2ccc(N)cc2o1. The zero-order valence-electron chi connectivity index (χ0n) is 9.51. The van der Waals surface area contributed by atoms with E-state index in [-0.39, 0.29) is 12.6 Å². The Kier molecular flexibility index (Phi) is 3.46. The maximum Gasteiger partial charge on any atom is 0.296 e. The Morgan fingerprint density at radius 1 is 1.59 bits per heavy atom. The molecule has 6 nitrogen and oxygen atoms in total. The van der Waals surface area contributed by atoms with Crippen LogP contribution in [0.4, 0.5) is 11.7 Å². The van der Waals surface area contributed by atoms with Crippen LogP contribution in [0.2, 0.25) is 0 Å². The lowest BCUT2D eigenvalue weighted by Crippen LogP contribution is -2.28. The van der Waals surface area contributed by atoms with Crippen LogP contribution in [0.15, 0.2) is 22.6 Å². The molecule has 92 valence electrons. The van der Waals surface area contributed by atoms with Crippen molar-refractivity contribution in [3.8, 4) is 0 Å². The minimum absolute atomic E-state index is 0.0608. The summed E-state index contributed by atoms with van der Waals surface area (Å²) in [5.74, 6) is 0. The number of oxazole rings is 1. The standard InChI is InChI=1S/C11H15N3O3/c1-16-6-8(5-15)13-11-14-9-3-2-7(12)4-10(9)17-11/h2-4,8,15H,5-6,12H2,1H3,(H,13,14). The zero-order valence-corrected chi connectivity index (χ0v) is 9.51. The van der Waals surface area contributed by atoms with Gasteiger partial charge < -0.3 is 25.3 Å². The van der Waals surface area contributed by atoms with Crippen LogP contribution >= 0.6 is 0 Å². The van der Waals surface area contributed by atoms with Gasteiger partial charge in [-0.2, -0.15) is 4.98 Å². The smallest absolute Gasteiger partial charge is 0.296 e. The first-order valence-electron chi connectivity index (χ1n) is 5.25. The van der Waals surface area contributed by atoms with Gasteiger partial charge in [-0.05, 0) is 12.1 Å². The fourth-order valence-electron chi connectivity index (χ4n) is 1.52. The summed E-state index contributed by atoms with van der Waals surface area (Å²) in [7, 11) is 1.57. The summed E-state index contributed by atoms with van der Waals surface area (Å²) in [4.78, 5) is 4.22. The number of nitrogens with two attached hydrogens (primary N) is 1. The van der Waals surface area contributed by atoms with Crippen LogP contribution in [0.3, 0.4) is 0 Å². The first-order chi connectivity index (χ1) is 8.22. The zero-order chi connectivity index (χ0) is 12.3. The van der Waals surface area contributed by atoms with E-state index in [2.05, 4.69) is 10.3 Å². The van der Waals surface area contributed by atoms with Crippen LogP contribution in [-0.4, -0.2) is 36.5 Å². The lowest BCUT2D eigenvalue weighted by Gasteiger charge is -2.12. The number of ether oxygens (including phenoxy) is 1. The third kappa shape index (κ3) is 2.66. The molecule has 1 aromatic carbocycles. The molecule has 1 atom stereocenters. The molecule has 6 heteroatoms. The van der Waals surface area contributed by atoms with Gasteiger partial charge in [0.25, 0.3) is 6.01 Å². The Morgan fingerprint density at radius 2 is 2.41 bits per heavy atom. The number of fused-ring (bicyclic) bond motifs is 1. The molecule has 0 amide bonds. The van der Waals surface area contributed by atoms with Crippen LogP contribution in [0.1, 0.15) is 0 Å². The predicted molar refractivity (Wildman–Crippen MR) is 64.8 cm³/mol. The van der Waals surface area contributed by atoms with Gasteiger partial charge in [0.2, 0.25) is 0 Å². The molecule has 0 aliphatic rings. The van der Waals surface area contributed by atoms with E-state index >= 15 is 0 Å². The summed E-state index contributed by atoms with van der Waals surface area (Å²) < 4.78 is 10.4. The van der Waals surface area contributed by atoms with E-state index in [1.807, 2.05) is 0 Å². The van der Waals surface area contributed by atoms with Crippen LogP contribution in [0, 0.1) is 0 Å². The minimum Gasteiger partial charge on any atom is -0.423 e. The fourth-order valence-corrected chi connectivity index (χ4v) is 1.52. The van der Waals surface area contributed by atoms with E-state index < -0.39 is 0 Å². The largest absolute Gasteiger partial charge is 0.423 e. The van der Waals surface area contributed by atoms with Crippen molar-refractivity contribution >= 4 is 22.8 Å². The number of aliphatic hydroxyl groups excluding tert-OH is 1. The van der Waals surface area contributed by atoms with Crippen molar-refractivity contribution in [2.45, 2.75) is 6.04 Å². The average molecular weight is 237 g/mol. The number of methoxy groups -OCH3 is 1. The Labute approximate surface area is 98.4 Å². The van der Waals surface area contributed by atoms with E-state index in [9.17, 15) is 0 Å². The Bertz CT molecular complexity index is 498. The van der Waals surface area contributed by atoms with Gasteiger partial charge in [-0.3, -0.25) is 0 Å². The van der Waals surface area contributed by atoms with E-state index in [1.165, 1.54) is 0 Å². The predicted octanol–water partition coefficient (Wildman–Crippen LogP) is 0.829. The van der Waals surface area contributed by atoms with Crippen molar-refractivity contribution in [2.24, 2.45) is 0 Å². The molecule has 0 fully saturated rings. The highest BCUT2D eigenvalue weighted by atomic mass is 16.5. The average Bonchev–Trinajstić information content (AvgIpc) is 2.69. The van der Waals surface area contributed by atoms with Crippen LogP contribution in [-0.2, 0) is 4.74 Å². The maximum atomic E-state index is 9.11. The van der Waals surface area contributed by atoms with E-state index in [0.717, 1.165) is 5.52 Å². The minimum atomic E-state index is -0.245. The molecule has 17 heavy (non-hydrogen) atoms. The first kappa shape index (κ1) is 11.7. The number of benzene rings is 1. The van der Waals surface area contributed by atoms with Crippen molar-refractivity contribution in [1.82, 2.24) is 4.98 Å². The van der Waals surface area contributed by atoms with Crippen molar-refractivity contribution in [3.63, 3.8) is 0 Å². The number of nitrogen functional groups attached to an aromatic ring is 1. The Hall–Kier alpha value is -1.79. The molecule has 0 saturated heterocycles. The van der Waals surface area contributed by atoms with Gasteiger partial charge in [-0.15, -0.1) is 0 Å². The molecule has 0 bridgehead atoms. The summed E-state index contributed by atoms with van der Waals surface area (Å²) in [6.45, 7) is 0.312. The third-order valence-electron chi connectivity index (χ3n) is 2.33. The number of rotatable bonds is 5. The molecule has 4 N–H and O–H groups in total. The van der Waals surface area contributed by atoms with Crippen LogP contribution in [0.5, 0.6) is 0 Å². The Balaban J connectivity index is 2.18. The second-order valence-electron chi connectivity index (χ2n) is 3.73. The van der Waals surface area contributed by atoms with Crippen molar-refractivity contribution in [3.05, 3.63) is 18.2 Å². The van der Waals surface area contributed by atoms with Gasteiger partial charge >= 0.3 is 0 Å². The molecule has 0 radical (unpaired) electrons. The molecule has 1 aromatic heterocycles. The second kappa shape index (κ2) is 5.03. The number of aliphatic hydroxyl groups is 1. The summed E-state index contributed by atoms with van der Waals surface area (Å²) >= 11 is 0. The van der Waals surface area contributed by atoms with E-state index in [1.54, 1.807) is 25.3 Å².